The fraction of sp³-hybridized carbons (Fsp3) is 0.364. The van der Waals surface area contributed by atoms with Crippen LogP contribution in [-0.4, -0.2) is 39.3 Å². The fourth-order valence-electron chi connectivity index (χ4n) is 4.27. The van der Waals surface area contributed by atoms with Gasteiger partial charge in [-0.25, -0.2) is 4.39 Å². The largest absolute Gasteiger partial charge is 0.383 e. The lowest BCUT2D eigenvalue weighted by Crippen LogP contribution is -2.41. The average Bonchev–Trinajstić information content (AvgIpc) is 3.19. The number of nitrogens with one attached hydrogen (secondary N) is 1. The maximum Gasteiger partial charge on any atom is 0.227 e. The number of H-pyrrole nitrogens is 1. The molecular weight excluding hydrogens is 393 g/mol. The van der Waals surface area contributed by atoms with Crippen LogP contribution in [0.1, 0.15) is 42.1 Å². The number of amides is 1. The predicted octanol–water partition coefficient (Wildman–Crippen LogP) is 4.08. The number of hydrogen-bond acceptors (Lipinski definition) is 3. The molecule has 1 aromatic heterocycles. The second-order valence-corrected chi connectivity index (χ2v) is 8.24. The normalized spacial score (nSPS) is 18.5. The number of hydrogen-bond donors (Lipinski definition) is 2. The number of aromatic nitrogens is 2. The molecule has 3 aromatic rings. The van der Waals surface area contributed by atoms with Crippen LogP contribution < -0.4 is 0 Å². The molecule has 2 N–H and O–H groups in total. The Morgan fingerprint density at radius 2 is 2.21 bits per heavy atom. The molecule has 1 amide bonds. The van der Waals surface area contributed by atoms with Crippen LogP contribution in [0.25, 0.3) is 10.9 Å². The summed E-state index contributed by atoms with van der Waals surface area (Å²) >= 11 is 6.37. The first-order valence-corrected chi connectivity index (χ1v) is 10.0. The molecule has 4 rings (SSSR count). The van der Waals surface area contributed by atoms with Gasteiger partial charge in [0.25, 0.3) is 0 Å². The van der Waals surface area contributed by atoms with E-state index in [2.05, 4.69) is 10.2 Å². The Bertz CT molecular complexity index is 1080. The molecule has 0 aliphatic carbocycles. The third-order valence-electron chi connectivity index (χ3n) is 5.90. The van der Waals surface area contributed by atoms with Crippen molar-refractivity contribution in [2.45, 2.75) is 38.3 Å². The first-order valence-electron chi connectivity index (χ1n) is 9.64. The minimum atomic E-state index is -1.53. The van der Waals surface area contributed by atoms with Gasteiger partial charge < -0.3 is 10.0 Å². The van der Waals surface area contributed by atoms with E-state index in [0.717, 1.165) is 27.6 Å². The molecular formula is C22H23ClFN3O2. The van der Waals surface area contributed by atoms with Gasteiger partial charge in [0.1, 0.15) is 12.3 Å². The van der Waals surface area contributed by atoms with Crippen molar-refractivity contribution in [2.75, 3.05) is 13.2 Å². The molecule has 29 heavy (non-hydrogen) atoms. The minimum absolute atomic E-state index is 0.0265. The lowest BCUT2D eigenvalue weighted by Gasteiger charge is -2.38. The van der Waals surface area contributed by atoms with Gasteiger partial charge in [-0.3, -0.25) is 9.89 Å². The molecule has 1 aliphatic heterocycles. The number of carbonyl (C=O) groups excluding carboxylic acids is 1. The molecule has 0 saturated carbocycles. The number of halogens is 2. The van der Waals surface area contributed by atoms with E-state index in [0.29, 0.717) is 23.6 Å². The number of aliphatic hydroxyl groups is 1. The van der Waals surface area contributed by atoms with E-state index in [9.17, 15) is 14.3 Å². The van der Waals surface area contributed by atoms with Crippen LogP contribution in [0.5, 0.6) is 0 Å². The minimum Gasteiger partial charge on any atom is -0.383 e. The smallest absolute Gasteiger partial charge is 0.227 e. The van der Waals surface area contributed by atoms with E-state index < -0.39 is 12.3 Å². The van der Waals surface area contributed by atoms with Crippen molar-refractivity contribution in [2.24, 2.45) is 0 Å². The molecule has 152 valence electrons. The lowest BCUT2D eigenvalue weighted by molar-refractivity contribution is -0.133. The monoisotopic (exact) mass is 415 g/mol. The third kappa shape index (κ3) is 3.40. The summed E-state index contributed by atoms with van der Waals surface area (Å²) in [5.74, 6) is -0.0265. The van der Waals surface area contributed by atoms with Gasteiger partial charge in [-0.1, -0.05) is 29.8 Å². The summed E-state index contributed by atoms with van der Waals surface area (Å²) in [6.07, 6.45) is 2.43. The number of rotatable bonds is 4. The van der Waals surface area contributed by atoms with Crippen molar-refractivity contribution in [1.82, 2.24) is 15.1 Å². The van der Waals surface area contributed by atoms with Crippen LogP contribution >= 0.6 is 11.6 Å². The summed E-state index contributed by atoms with van der Waals surface area (Å²) in [4.78, 5) is 15.0. The Balaban J connectivity index is 1.63. The Morgan fingerprint density at radius 3 is 2.97 bits per heavy atom. The van der Waals surface area contributed by atoms with Gasteiger partial charge >= 0.3 is 0 Å². The molecule has 1 aliphatic rings. The molecule has 0 spiro atoms. The van der Waals surface area contributed by atoms with E-state index in [4.69, 9.17) is 11.6 Å². The van der Waals surface area contributed by atoms with Crippen LogP contribution in [0.2, 0.25) is 5.02 Å². The van der Waals surface area contributed by atoms with Gasteiger partial charge in [-0.05, 0) is 54.7 Å². The zero-order chi connectivity index (χ0) is 20.8. The Kier molecular flexibility index (Phi) is 5.09. The highest BCUT2D eigenvalue weighted by Crippen LogP contribution is 2.36. The van der Waals surface area contributed by atoms with Gasteiger partial charge in [-0.15, -0.1) is 0 Å². The zero-order valence-electron chi connectivity index (χ0n) is 16.4. The zero-order valence-corrected chi connectivity index (χ0v) is 17.1. The van der Waals surface area contributed by atoms with Gasteiger partial charge in [0, 0.05) is 17.0 Å². The molecule has 0 radical (unpaired) electrons. The molecule has 2 unspecified atom stereocenters. The SMILES string of the molecule is CC1c2cccc(C(C)(O)CF)c2CCN1C(=O)Cc1c(Cl)ccc2[nH]ncc12. The summed E-state index contributed by atoms with van der Waals surface area (Å²) in [7, 11) is 0. The number of nitrogens with zero attached hydrogens (tertiary/aromatic N) is 2. The van der Waals surface area contributed by atoms with Crippen molar-refractivity contribution in [3.05, 3.63) is 63.8 Å². The van der Waals surface area contributed by atoms with E-state index in [1.165, 1.54) is 6.92 Å². The van der Waals surface area contributed by atoms with E-state index in [1.54, 1.807) is 18.3 Å². The highest BCUT2D eigenvalue weighted by Gasteiger charge is 2.33. The van der Waals surface area contributed by atoms with E-state index in [1.807, 2.05) is 30.0 Å². The standard InChI is InChI=1S/C22H23ClFN3O2/c1-13-14-4-3-5-18(22(2,29)12-24)15(14)8-9-27(13)21(28)10-16-17-11-25-26-20(17)7-6-19(16)23/h3-7,11,13,29H,8-10,12H2,1-2H3,(H,25,26). The highest BCUT2D eigenvalue weighted by molar-refractivity contribution is 6.32. The summed E-state index contributed by atoms with van der Waals surface area (Å²) in [5.41, 5.74) is 2.55. The van der Waals surface area contributed by atoms with Crippen molar-refractivity contribution >= 4 is 28.4 Å². The molecule has 2 atom stereocenters. The summed E-state index contributed by atoms with van der Waals surface area (Å²) in [5, 5.41) is 18.8. The average molecular weight is 416 g/mol. The number of aromatic amines is 1. The van der Waals surface area contributed by atoms with Crippen molar-refractivity contribution < 1.29 is 14.3 Å². The second-order valence-electron chi connectivity index (χ2n) is 7.83. The van der Waals surface area contributed by atoms with Crippen molar-refractivity contribution in [3.8, 4) is 0 Å². The first kappa shape index (κ1) is 19.9. The summed E-state index contributed by atoms with van der Waals surface area (Å²) < 4.78 is 13.4. The number of benzene rings is 2. The van der Waals surface area contributed by atoms with Crippen LogP contribution in [0.4, 0.5) is 4.39 Å². The summed E-state index contributed by atoms with van der Waals surface area (Å²) in [6.45, 7) is 3.10. The second kappa shape index (κ2) is 7.43. The quantitative estimate of drug-likeness (QED) is 0.674. The van der Waals surface area contributed by atoms with Gasteiger partial charge in [0.2, 0.25) is 5.91 Å². The van der Waals surface area contributed by atoms with Crippen molar-refractivity contribution in [1.29, 1.82) is 0 Å². The highest BCUT2D eigenvalue weighted by atomic mass is 35.5. The topological polar surface area (TPSA) is 69.2 Å². The first-order chi connectivity index (χ1) is 13.8. The number of alkyl halides is 1. The molecule has 0 saturated heterocycles. The van der Waals surface area contributed by atoms with Crippen LogP contribution in [0.15, 0.2) is 36.5 Å². The Labute approximate surface area is 173 Å². The van der Waals surface area contributed by atoms with Gasteiger partial charge in [-0.2, -0.15) is 5.10 Å². The van der Waals surface area contributed by atoms with Crippen LogP contribution in [0.3, 0.4) is 0 Å². The Morgan fingerprint density at radius 1 is 1.41 bits per heavy atom. The number of carbonyl (C=O) groups is 1. The third-order valence-corrected chi connectivity index (χ3v) is 6.25. The molecule has 7 heteroatoms. The molecule has 2 heterocycles. The Hall–Kier alpha value is -2.44. The number of fused-ring (bicyclic) bond motifs is 2. The predicted molar refractivity (Wildman–Crippen MR) is 111 cm³/mol. The fourth-order valence-corrected chi connectivity index (χ4v) is 4.50. The summed E-state index contributed by atoms with van der Waals surface area (Å²) in [6, 6.07) is 8.96. The maximum absolute atomic E-state index is 13.4. The van der Waals surface area contributed by atoms with Gasteiger partial charge in [0.05, 0.1) is 24.2 Å². The van der Waals surface area contributed by atoms with E-state index >= 15 is 0 Å². The lowest BCUT2D eigenvalue weighted by atomic mass is 9.83. The van der Waals surface area contributed by atoms with Crippen LogP contribution in [-0.2, 0) is 23.2 Å². The molecule has 5 nitrogen and oxygen atoms in total. The maximum atomic E-state index is 13.4. The molecule has 0 bridgehead atoms. The van der Waals surface area contributed by atoms with Gasteiger partial charge in [0.15, 0.2) is 0 Å². The molecule has 0 fully saturated rings. The van der Waals surface area contributed by atoms with Crippen molar-refractivity contribution in [3.63, 3.8) is 0 Å². The van der Waals surface area contributed by atoms with Crippen LogP contribution in [0, 0.1) is 0 Å². The molecule has 2 aromatic carbocycles. The van der Waals surface area contributed by atoms with E-state index in [-0.39, 0.29) is 18.4 Å².